The van der Waals surface area contributed by atoms with Gasteiger partial charge in [0.25, 0.3) is 0 Å². The number of esters is 1. The molecule has 2 nitrogen and oxygen atoms in total. The molecule has 0 spiro atoms. The molecule has 0 aliphatic heterocycles. The van der Waals surface area contributed by atoms with E-state index in [-0.39, 0.29) is 5.56 Å². The summed E-state index contributed by atoms with van der Waals surface area (Å²) in [5, 5.41) is 0. The van der Waals surface area contributed by atoms with E-state index in [4.69, 9.17) is 0 Å². The number of benzene rings is 1. The first-order valence-corrected chi connectivity index (χ1v) is 5.17. The molecular weight excluding hydrogens is 354 g/mol. The molecule has 0 aliphatic rings. The molecule has 0 bridgehead atoms. The Balaban J connectivity index is 3.33. The van der Waals surface area contributed by atoms with E-state index in [0.29, 0.717) is 8.04 Å². The second-order valence-electron chi connectivity index (χ2n) is 2.21. The lowest BCUT2D eigenvalue weighted by molar-refractivity contribution is 0.0594. The summed E-state index contributed by atoms with van der Waals surface area (Å²) in [6.45, 7) is 0. The number of halogens is 3. The van der Waals surface area contributed by atoms with Gasteiger partial charge in [0.05, 0.1) is 7.11 Å². The van der Waals surface area contributed by atoms with Crippen LogP contribution in [0.4, 0.5) is 4.39 Å². The monoisotopic (exact) mass is 358 g/mol. The van der Waals surface area contributed by atoms with Gasteiger partial charge >= 0.3 is 5.97 Å². The molecule has 0 fully saturated rings. The highest BCUT2D eigenvalue weighted by atomic mass is 127. The minimum Gasteiger partial charge on any atom is -0.465 e. The van der Waals surface area contributed by atoms with E-state index >= 15 is 0 Å². The highest BCUT2D eigenvalue weighted by molar-refractivity contribution is 14.1. The molecule has 5 heteroatoms. The number of rotatable bonds is 1. The highest BCUT2D eigenvalue weighted by Crippen LogP contribution is 2.24. The second kappa shape index (κ2) is 4.36. The van der Waals surface area contributed by atoms with Crippen molar-refractivity contribution in [2.24, 2.45) is 0 Å². The quantitative estimate of drug-likeness (QED) is 0.438. The molecule has 0 saturated carbocycles. The molecule has 0 aromatic heterocycles. The molecule has 13 heavy (non-hydrogen) atoms. The third kappa shape index (κ3) is 2.19. The van der Waals surface area contributed by atoms with Gasteiger partial charge in [0.15, 0.2) is 5.82 Å². The maximum absolute atomic E-state index is 13.4. The largest absolute Gasteiger partial charge is 0.465 e. The molecule has 0 N–H and O–H groups in total. The van der Waals surface area contributed by atoms with E-state index in [1.54, 1.807) is 12.1 Å². The third-order valence-electron chi connectivity index (χ3n) is 1.43. The van der Waals surface area contributed by atoms with Crippen LogP contribution in [-0.2, 0) is 4.74 Å². The van der Waals surface area contributed by atoms with Gasteiger partial charge in [-0.2, -0.15) is 0 Å². The predicted molar refractivity (Wildman–Crippen MR) is 58.2 cm³/mol. The number of carbonyl (C=O) groups excluding carboxylic acids is 1. The Morgan fingerprint density at radius 3 is 2.77 bits per heavy atom. The van der Waals surface area contributed by atoms with E-state index in [1.807, 2.05) is 22.6 Å². The van der Waals surface area contributed by atoms with Gasteiger partial charge in [-0.1, -0.05) is 0 Å². The number of hydrogen-bond donors (Lipinski definition) is 0. The van der Waals surface area contributed by atoms with Gasteiger partial charge in [-0.15, -0.1) is 0 Å². The summed E-state index contributed by atoms with van der Waals surface area (Å²) in [5.74, 6) is -1.23. The summed E-state index contributed by atoms with van der Waals surface area (Å²) in [6, 6.07) is 3.18. The van der Waals surface area contributed by atoms with E-state index in [1.165, 1.54) is 7.11 Å². The number of methoxy groups -OCH3 is 1. The number of hydrogen-bond acceptors (Lipinski definition) is 2. The molecule has 0 heterocycles. The van der Waals surface area contributed by atoms with Crippen molar-refractivity contribution < 1.29 is 13.9 Å². The van der Waals surface area contributed by atoms with Crippen LogP contribution in [0.2, 0.25) is 0 Å². The van der Waals surface area contributed by atoms with Crippen molar-refractivity contribution in [2.75, 3.05) is 7.11 Å². The first-order chi connectivity index (χ1) is 6.07. The van der Waals surface area contributed by atoms with Gasteiger partial charge in [0.1, 0.15) is 5.56 Å². The first-order valence-electron chi connectivity index (χ1n) is 3.29. The fourth-order valence-electron chi connectivity index (χ4n) is 0.816. The fraction of sp³-hybridized carbons (Fsp3) is 0.125. The van der Waals surface area contributed by atoms with Crippen molar-refractivity contribution in [2.45, 2.75) is 0 Å². The predicted octanol–water partition coefficient (Wildman–Crippen LogP) is 2.98. The van der Waals surface area contributed by atoms with Crippen LogP contribution >= 0.6 is 38.5 Å². The normalized spacial score (nSPS) is 9.85. The van der Waals surface area contributed by atoms with E-state index in [0.717, 1.165) is 0 Å². The summed E-state index contributed by atoms with van der Waals surface area (Å²) < 4.78 is 18.6. The molecule has 0 unspecified atom stereocenters. The Labute approximate surface area is 96.7 Å². The highest BCUT2D eigenvalue weighted by Gasteiger charge is 2.18. The number of carbonyl (C=O) groups is 1. The summed E-state index contributed by atoms with van der Waals surface area (Å²) >= 11 is 4.89. The summed E-state index contributed by atoms with van der Waals surface area (Å²) in [7, 11) is 1.22. The zero-order valence-corrected chi connectivity index (χ0v) is 10.3. The molecule has 1 aromatic rings. The Morgan fingerprint density at radius 1 is 1.62 bits per heavy atom. The van der Waals surface area contributed by atoms with Crippen molar-refractivity contribution in [3.63, 3.8) is 0 Å². The van der Waals surface area contributed by atoms with Crippen LogP contribution in [0.25, 0.3) is 0 Å². The van der Waals surface area contributed by atoms with Crippen LogP contribution in [0.15, 0.2) is 16.6 Å². The average molecular weight is 359 g/mol. The van der Waals surface area contributed by atoms with Gasteiger partial charge in [0, 0.05) is 8.04 Å². The second-order valence-corrected chi connectivity index (χ2v) is 4.23. The fourth-order valence-corrected chi connectivity index (χ4v) is 1.73. The lowest BCUT2D eigenvalue weighted by Gasteiger charge is -2.04. The topological polar surface area (TPSA) is 26.3 Å². The Morgan fingerprint density at radius 2 is 2.23 bits per heavy atom. The molecule has 0 amide bonds. The molecule has 0 radical (unpaired) electrons. The molecular formula is C8H5BrFIO2. The van der Waals surface area contributed by atoms with Crippen LogP contribution in [0.1, 0.15) is 10.4 Å². The third-order valence-corrected chi connectivity index (χ3v) is 2.93. The Hall–Kier alpha value is -0.170. The van der Waals surface area contributed by atoms with E-state index in [2.05, 4.69) is 20.7 Å². The van der Waals surface area contributed by atoms with E-state index < -0.39 is 11.8 Å². The van der Waals surface area contributed by atoms with Crippen LogP contribution in [0.3, 0.4) is 0 Å². The van der Waals surface area contributed by atoms with Crippen molar-refractivity contribution in [3.8, 4) is 0 Å². The van der Waals surface area contributed by atoms with Crippen LogP contribution in [0, 0.1) is 9.39 Å². The summed E-state index contributed by atoms with van der Waals surface area (Å²) in [6.07, 6.45) is 0. The molecule has 1 aromatic carbocycles. The maximum Gasteiger partial charge on any atom is 0.342 e. The molecule has 1 rings (SSSR count). The molecule has 70 valence electrons. The zero-order valence-electron chi connectivity index (χ0n) is 6.61. The minimum absolute atomic E-state index is 0.0607. The SMILES string of the molecule is COC(=O)c1c(Br)ccc(I)c1F. The van der Waals surface area contributed by atoms with E-state index in [9.17, 15) is 9.18 Å². The van der Waals surface area contributed by atoms with Crippen LogP contribution < -0.4 is 0 Å². The van der Waals surface area contributed by atoms with Gasteiger partial charge in [-0.25, -0.2) is 9.18 Å². The summed E-state index contributed by atoms with van der Waals surface area (Å²) in [4.78, 5) is 11.1. The standard InChI is InChI=1S/C8H5BrFIO2/c1-13-8(12)6-4(9)2-3-5(11)7(6)10/h2-3H,1H3. The molecule has 0 aliphatic carbocycles. The molecule has 0 atom stereocenters. The number of ether oxygens (including phenoxy) is 1. The lowest BCUT2D eigenvalue weighted by Crippen LogP contribution is -2.06. The van der Waals surface area contributed by atoms with Gasteiger partial charge in [-0.05, 0) is 50.7 Å². The first kappa shape index (κ1) is 10.9. The van der Waals surface area contributed by atoms with Gasteiger partial charge < -0.3 is 4.74 Å². The van der Waals surface area contributed by atoms with Crippen LogP contribution in [-0.4, -0.2) is 13.1 Å². The van der Waals surface area contributed by atoms with Crippen molar-refractivity contribution in [1.82, 2.24) is 0 Å². The summed E-state index contributed by atoms with van der Waals surface area (Å²) in [5.41, 5.74) is -0.0607. The van der Waals surface area contributed by atoms with Crippen molar-refractivity contribution >= 4 is 44.5 Å². The smallest absolute Gasteiger partial charge is 0.342 e. The van der Waals surface area contributed by atoms with Crippen molar-refractivity contribution in [3.05, 3.63) is 31.6 Å². The minimum atomic E-state index is -0.678. The van der Waals surface area contributed by atoms with Crippen molar-refractivity contribution in [1.29, 1.82) is 0 Å². The maximum atomic E-state index is 13.4. The van der Waals surface area contributed by atoms with Gasteiger partial charge in [0.2, 0.25) is 0 Å². The Bertz CT molecular complexity index is 354. The average Bonchev–Trinajstić information content (AvgIpc) is 2.12. The van der Waals surface area contributed by atoms with Crippen LogP contribution in [0.5, 0.6) is 0 Å². The van der Waals surface area contributed by atoms with Gasteiger partial charge in [-0.3, -0.25) is 0 Å². The zero-order chi connectivity index (χ0) is 10.0. The Kier molecular flexibility index (Phi) is 3.66. The lowest BCUT2D eigenvalue weighted by atomic mass is 10.2. The molecule has 0 saturated heterocycles.